The van der Waals surface area contributed by atoms with Crippen LogP contribution in [0.25, 0.3) is 10.8 Å². The second kappa shape index (κ2) is 7.38. The molecule has 2 aromatic rings. The fraction of sp³-hybridized carbons (Fsp3) is 0.476. The average molecular weight is 355 g/mol. The quantitative estimate of drug-likeness (QED) is 0.779. The number of rotatable bonds is 6. The maximum Gasteiger partial charge on any atom is 0.223 e. The Bertz CT molecular complexity index is 749. The van der Waals surface area contributed by atoms with Crippen molar-refractivity contribution in [3.63, 3.8) is 0 Å². The first-order chi connectivity index (χ1) is 12.3. The summed E-state index contributed by atoms with van der Waals surface area (Å²) in [5, 5.41) is 9.19. The van der Waals surface area contributed by atoms with Gasteiger partial charge in [-0.05, 0) is 54.1 Å². The molecular weight excluding hydrogens is 328 g/mol. The van der Waals surface area contributed by atoms with Crippen LogP contribution in [0.5, 0.6) is 0 Å². The number of piperidine rings is 1. The van der Waals surface area contributed by atoms with Gasteiger partial charge in [0, 0.05) is 24.0 Å². The van der Waals surface area contributed by atoms with Gasteiger partial charge in [-0.1, -0.05) is 42.5 Å². The summed E-state index contributed by atoms with van der Waals surface area (Å²) in [6, 6.07) is 15.0. The predicted octanol–water partition coefficient (Wildman–Crippen LogP) is 3.58. The molecule has 1 aliphatic carbocycles. The Balaban J connectivity index is 1.20. The summed E-state index contributed by atoms with van der Waals surface area (Å²) in [5.74, 6) is 2.53. The van der Waals surface area contributed by atoms with Crippen LogP contribution >= 0.6 is 11.8 Å². The molecule has 2 N–H and O–H groups in total. The zero-order valence-electron chi connectivity index (χ0n) is 14.6. The fourth-order valence-corrected chi connectivity index (χ4v) is 5.03. The summed E-state index contributed by atoms with van der Waals surface area (Å²) in [7, 11) is 0. The van der Waals surface area contributed by atoms with Crippen molar-refractivity contribution in [2.24, 2.45) is 11.3 Å². The van der Waals surface area contributed by atoms with Crippen LogP contribution in [0, 0.1) is 11.3 Å². The zero-order chi connectivity index (χ0) is 17.1. The third kappa shape index (κ3) is 3.70. The van der Waals surface area contributed by atoms with E-state index >= 15 is 0 Å². The first-order valence-electron chi connectivity index (χ1n) is 9.31. The van der Waals surface area contributed by atoms with Crippen molar-refractivity contribution >= 4 is 28.4 Å². The standard InChI is InChI=1S/C21H26N2OS/c24-20(19-14-21(19)8-10-22-11-9-21)23-12-13-25-15-17-6-3-5-16-4-1-2-7-18(16)17/h1-7,19,22H,8-15H2,(H,23,24). The average Bonchev–Trinajstić information content (AvgIpc) is 3.35. The highest BCUT2D eigenvalue weighted by Crippen LogP contribution is 2.58. The number of carbonyl (C=O) groups excluding carboxylic acids is 1. The van der Waals surface area contributed by atoms with Crippen LogP contribution in [-0.2, 0) is 10.5 Å². The van der Waals surface area contributed by atoms with Crippen molar-refractivity contribution < 1.29 is 4.79 Å². The van der Waals surface area contributed by atoms with Crippen molar-refractivity contribution in [3.05, 3.63) is 48.0 Å². The summed E-state index contributed by atoms with van der Waals surface area (Å²) in [6.07, 6.45) is 3.44. The van der Waals surface area contributed by atoms with Gasteiger partial charge in [0.1, 0.15) is 0 Å². The second-order valence-electron chi connectivity index (χ2n) is 7.35. The van der Waals surface area contributed by atoms with E-state index in [4.69, 9.17) is 0 Å². The molecule has 132 valence electrons. The number of thioether (sulfide) groups is 1. The molecular formula is C21H26N2OS. The largest absolute Gasteiger partial charge is 0.355 e. The van der Waals surface area contributed by atoms with Crippen LogP contribution < -0.4 is 10.6 Å². The maximum atomic E-state index is 12.3. The smallest absolute Gasteiger partial charge is 0.223 e. The van der Waals surface area contributed by atoms with E-state index in [1.165, 1.54) is 29.2 Å². The molecule has 1 amide bonds. The SMILES string of the molecule is O=C(NCCSCc1cccc2ccccc12)C1CC12CCNCC2. The Morgan fingerprint density at radius 1 is 1.16 bits per heavy atom. The Morgan fingerprint density at radius 3 is 2.84 bits per heavy atom. The lowest BCUT2D eigenvalue weighted by atomic mass is 9.92. The molecule has 0 aromatic heterocycles. The van der Waals surface area contributed by atoms with E-state index in [-0.39, 0.29) is 11.8 Å². The van der Waals surface area contributed by atoms with Crippen LogP contribution in [0.15, 0.2) is 42.5 Å². The molecule has 1 heterocycles. The van der Waals surface area contributed by atoms with E-state index in [1.807, 2.05) is 11.8 Å². The third-order valence-corrected chi connectivity index (χ3v) is 6.80. The Hall–Kier alpha value is -1.52. The van der Waals surface area contributed by atoms with E-state index < -0.39 is 0 Å². The van der Waals surface area contributed by atoms with Gasteiger partial charge >= 0.3 is 0 Å². The van der Waals surface area contributed by atoms with Gasteiger partial charge in [-0.2, -0.15) is 11.8 Å². The van der Waals surface area contributed by atoms with E-state index in [2.05, 4.69) is 53.1 Å². The van der Waals surface area contributed by atoms with E-state index in [0.29, 0.717) is 5.41 Å². The summed E-state index contributed by atoms with van der Waals surface area (Å²) >= 11 is 1.90. The van der Waals surface area contributed by atoms with Crippen LogP contribution in [0.4, 0.5) is 0 Å². The minimum Gasteiger partial charge on any atom is -0.355 e. The van der Waals surface area contributed by atoms with Gasteiger partial charge in [0.2, 0.25) is 5.91 Å². The molecule has 25 heavy (non-hydrogen) atoms. The molecule has 1 saturated heterocycles. The molecule has 1 saturated carbocycles. The van der Waals surface area contributed by atoms with E-state index in [9.17, 15) is 4.79 Å². The second-order valence-corrected chi connectivity index (χ2v) is 8.46. The number of carbonyl (C=O) groups is 1. The number of amides is 1. The number of benzene rings is 2. The zero-order valence-corrected chi connectivity index (χ0v) is 15.4. The van der Waals surface area contributed by atoms with Crippen molar-refractivity contribution in [2.45, 2.75) is 25.0 Å². The minimum atomic E-state index is 0.276. The van der Waals surface area contributed by atoms with Gasteiger partial charge in [0.15, 0.2) is 0 Å². The molecule has 2 aromatic carbocycles. The normalized spacial score (nSPS) is 21.4. The Kier molecular flexibility index (Phi) is 5.00. The number of fused-ring (bicyclic) bond motifs is 1. The lowest BCUT2D eigenvalue weighted by molar-refractivity contribution is -0.123. The molecule has 0 radical (unpaired) electrons. The molecule has 1 spiro atoms. The maximum absolute atomic E-state index is 12.3. The van der Waals surface area contributed by atoms with Crippen LogP contribution in [-0.4, -0.2) is 31.3 Å². The van der Waals surface area contributed by atoms with E-state index in [1.54, 1.807) is 0 Å². The van der Waals surface area contributed by atoms with E-state index in [0.717, 1.165) is 37.6 Å². The lowest BCUT2D eigenvalue weighted by Crippen LogP contribution is -2.34. The molecule has 0 bridgehead atoms. The molecule has 4 heteroatoms. The topological polar surface area (TPSA) is 41.1 Å². The van der Waals surface area contributed by atoms with Gasteiger partial charge in [-0.3, -0.25) is 4.79 Å². The molecule has 2 fully saturated rings. The van der Waals surface area contributed by atoms with Gasteiger partial charge in [-0.25, -0.2) is 0 Å². The number of nitrogens with one attached hydrogen (secondary N) is 2. The minimum absolute atomic E-state index is 0.276. The molecule has 1 unspecified atom stereocenters. The van der Waals surface area contributed by atoms with Gasteiger partial charge in [-0.15, -0.1) is 0 Å². The Labute approximate surface area is 154 Å². The molecule has 1 atom stereocenters. The molecule has 3 nitrogen and oxygen atoms in total. The van der Waals surface area contributed by atoms with Crippen LogP contribution in [0.2, 0.25) is 0 Å². The number of hydrogen-bond acceptors (Lipinski definition) is 3. The van der Waals surface area contributed by atoms with Crippen molar-refractivity contribution in [3.8, 4) is 0 Å². The molecule has 2 aliphatic rings. The summed E-state index contributed by atoms with van der Waals surface area (Å²) in [6.45, 7) is 2.93. The summed E-state index contributed by atoms with van der Waals surface area (Å²) < 4.78 is 0. The number of hydrogen-bond donors (Lipinski definition) is 2. The van der Waals surface area contributed by atoms with Gasteiger partial charge in [0.25, 0.3) is 0 Å². The van der Waals surface area contributed by atoms with Crippen molar-refractivity contribution in [1.82, 2.24) is 10.6 Å². The first kappa shape index (κ1) is 16.9. The predicted molar refractivity (Wildman–Crippen MR) is 106 cm³/mol. The highest BCUT2D eigenvalue weighted by atomic mass is 32.2. The fourth-order valence-electron chi connectivity index (χ4n) is 4.17. The van der Waals surface area contributed by atoms with Crippen molar-refractivity contribution in [2.75, 3.05) is 25.4 Å². The summed E-state index contributed by atoms with van der Waals surface area (Å²) in [4.78, 5) is 12.3. The highest BCUT2D eigenvalue weighted by molar-refractivity contribution is 7.98. The first-order valence-corrected chi connectivity index (χ1v) is 10.5. The highest BCUT2D eigenvalue weighted by Gasteiger charge is 2.57. The summed E-state index contributed by atoms with van der Waals surface area (Å²) in [5.41, 5.74) is 1.72. The van der Waals surface area contributed by atoms with Crippen LogP contribution in [0.1, 0.15) is 24.8 Å². The monoisotopic (exact) mass is 354 g/mol. The van der Waals surface area contributed by atoms with Gasteiger partial charge in [0.05, 0.1) is 0 Å². The Morgan fingerprint density at radius 2 is 1.96 bits per heavy atom. The van der Waals surface area contributed by atoms with Crippen LogP contribution in [0.3, 0.4) is 0 Å². The van der Waals surface area contributed by atoms with Crippen molar-refractivity contribution in [1.29, 1.82) is 0 Å². The molecule has 4 rings (SSSR count). The molecule has 1 aliphatic heterocycles. The third-order valence-electron chi connectivity index (χ3n) is 5.79. The van der Waals surface area contributed by atoms with Gasteiger partial charge < -0.3 is 10.6 Å². The lowest BCUT2D eigenvalue weighted by Gasteiger charge is -2.23.